The van der Waals surface area contributed by atoms with Crippen LogP contribution in [0.25, 0.3) is 0 Å². The number of rotatable bonds is 62. The first-order chi connectivity index (χ1) is 37.0. The molecule has 0 aliphatic rings. The highest BCUT2D eigenvalue weighted by Gasteiger charge is 2.27. The van der Waals surface area contributed by atoms with E-state index in [9.17, 15) is 19.0 Å². The van der Waals surface area contributed by atoms with Crippen LogP contribution in [0.1, 0.15) is 335 Å². The number of hydrogen-bond acceptors (Lipinski definition) is 7. The number of carbonyl (C=O) groups is 2. The Bertz CT molecular complexity index is 1330. The molecule has 0 bridgehead atoms. The predicted octanol–water partition coefficient (Wildman–Crippen LogP) is 20.9. The number of phosphoric acid groups is 1. The third kappa shape index (κ3) is 61.7. The molecule has 0 fully saturated rings. The number of unbranched alkanes of at least 4 members (excludes halogenated alkanes) is 44. The van der Waals surface area contributed by atoms with E-state index in [-0.39, 0.29) is 25.6 Å². The van der Waals surface area contributed by atoms with Crippen LogP contribution in [0.4, 0.5) is 0 Å². The molecule has 0 aromatic heterocycles. The second-order valence-corrected chi connectivity index (χ2v) is 25.3. The molecular formula is C66H129NO8P+. The minimum absolute atomic E-state index is 0.0360. The second kappa shape index (κ2) is 58.2. The number of quaternary nitrogens is 1. The Morgan fingerprint density at radius 2 is 0.711 bits per heavy atom. The number of carbonyl (C=O) groups excluding carboxylic acids is 2. The van der Waals surface area contributed by atoms with Gasteiger partial charge in [-0.1, -0.05) is 301 Å². The van der Waals surface area contributed by atoms with Crippen molar-refractivity contribution in [3.05, 3.63) is 24.3 Å². The lowest BCUT2D eigenvalue weighted by Crippen LogP contribution is -2.37. The zero-order valence-corrected chi connectivity index (χ0v) is 52.2. The smallest absolute Gasteiger partial charge is 0.462 e. The Morgan fingerprint density at radius 1 is 0.408 bits per heavy atom. The zero-order chi connectivity index (χ0) is 55.6. The minimum atomic E-state index is -4.38. The molecule has 0 aliphatic heterocycles. The molecule has 0 heterocycles. The molecule has 0 radical (unpaired) electrons. The first kappa shape index (κ1) is 74.5. The van der Waals surface area contributed by atoms with Gasteiger partial charge in [0, 0.05) is 12.8 Å². The van der Waals surface area contributed by atoms with Crippen LogP contribution in [0, 0.1) is 0 Å². The Balaban J connectivity index is 3.78. The first-order valence-electron chi connectivity index (χ1n) is 33.1. The average molecular weight is 1100 g/mol. The average Bonchev–Trinajstić information content (AvgIpc) is 3.38. The van der Waals surface area contributed by atoms with Crippen molar-refractivity contribution in [3.63, 3.8) is 0 Å². The maximum absolute atomic E-state index is 12.8. The second-order valence-electron chi connectivity index (χ2n) is 23.9. The van der Waals surface area contributed by atoms with Gasteiger partial charge in [-0.05, 0) is 44.9 Å². The van der Waals surface area contributed by atoms with Gasteiger partial charge in [0.25, 0.3) is 0 Å². The summed E-state index contributed by atoms with van der Waals surface area (Å²) in [7, 11) is 1.50. The summed E-state index contributed by atoms with van der Waals surface area (Å²) in [5.74, 6) is -0.780. The lowest BCUT2D eigenvalue weighted by atomic mass is 10.0. The highest BCUT2D eigenvalue weighted by molar-refractivity contribution is 7.47. The van der Waals surface area contributed by atoms with Crippen molar-refractivity contribution in [2.45, 2.75) is 341 Å². The molecule has 0 spiro atoms. The van der Waals surface area contributed by atoms with Crippen molar-refractivity contribution in [1.82, 2.24) is 0 Å². The van der Waals surface area contributed by atoms with Crippen LogP contribution >= 0.6 is 7.82 Å². The lowest BCUT2D eigenvalue weighted by molar-refractivity contribution is -0.870. The molecule has 0 aliphatic carbocycles. The summed E-state index contributed by atoms with van der Waals surface area (Å²) in [5, 5.41) is 0. The predicted molar refractivity (Wildman–Crippen MR) is 326 cm³/mol. The lowest BCUT2D eigenvalue weighted by Gasteiger charge is -2.24. The van der Waals surface area contributed by atoms with E-state index in [0.717, 1.165) is 44.9 Å². The van der Waals surface area contributed by atoms with E-state index in [2.05, 4.69) is 38.2 Å². The molecule has 0 saturated heterocycles. The number of allylic oxidation sites excluding steroid dienone is 4. The van der Waals surface area contributed by atoms with Crippen molar-refractivity contribution in [3.8, 4) is 0 Å². The zero-order valence-electron chi connectivity index (χ0n) is 51.3. The van der Waals surface area contributed by atoms with Gasteiger partial charge in [0.05, 0.1) is 27.7 Å². The van der Waals surface area contributed by atoms with Gasteiger partial charge in [-0.3, -0.25) is 18.6 Å². The van der Waals surface area contributed by atoms with Crippen molar-refractivity contribution >= 4 is 19.8 Å². The van der Waals surface area contributed by atoms with E-state index in [1.165, 1.54) is 263 Å². The molecule has 2 atom stereocenters. The Hall–Kier alpha value is -1.51. The Morgan fingerprint density at radius 3 is 1.04 bits per heavy atom. The topological polar surface area (TPSA) is 108 Å². The largest absolute Gasteiger partial charge is 0.472 e. The molecule has 0 saturated carbocycles. The fourth-order valence-electron chi connectivity index (χ4n) is 9.87. The summed E-state index contributed by atoms with van der Waals surface area (Å²) >= 11 is 0. The number of phosphoric ester groups is 1. The minimum Gasteiger partial charge on any atom is -0.462 e. The highest BCUT2D eigenvalue weighted by Crippen LogP contribution is 2.43. The van der Waals surface area contributed by atoms with E-state index in [0.29, 0.717) is 17.4 Å². The molecule has 0 amide bonds. The third-order valence-corrected chi connectivity index (χ3v) is 16.0. The number of nitrogens with zero attached hydrogens (tertiary/aromatic N) is 1. The first-order valence-corrected chi connectivity index (χ1v) is 34.6. The number of hydrogen-bond donors (Lipinski definition) is 1. The van der Waals surface area contributed by atoms with Crippen LogP contribution in [-0.2, 0) is 32.7 Å². The van der Waals surface area contributed by atoms with Crippen molar-refractivity contribution in [2.24, 2.45) is 0 Å². The molecule has 76 heavy (non-hydrogen) atoms. The van der Waals surface area contributed by atoms with Gasteiger partial charge in [-0.15, -0.1) is 0 Å². The summed E-state index contributed by atoms with van der Waals surface area (Å²) in [6, 6.07) is 0. The van der Waals surface area contributed by atoms with Crippen LogP contribution in [0.15, 0.2) is 24.3 Å². The van der Waals surface area contributed by atoms with Gasteiger partial charge in [0.1, 0.15) is 19.8 Å². The normalized spacial score (nSPS) is 13.3. The number of esters is 2. The summed E-state index contributed by atoms with van der Waals surface area (Å²) < 4.78 is 34.5. The Labute approximate surface area is 472 Å². The van der Waals surface area contributed by atoms with E-state index in [1.54, 1.807) is 0 Å². The molecule has 9 nitrogen and oxygen atoms in total. The summed E-state index contributed by atoms with van der Waals surface area (Å²) in [6.07, 6.45) is 71.7. The molecule has 0 rings (SSSR count). The van der Waals surface area contributed by atoms with Crippen LogP contribution in [0.5, 0.6) is 0 Å². The van der Waals surface area contributed by atoms with Crippen molar-refractivity contribution < 1.29 is 42.1 Å². The molecule has 0 aromatic carbocycles. The Kier molecular flexibility index (Phi) is 57.0. The van der Waals surface area contributed by atoms with Crippen LogP contribution in [0.2, 0.25) is 0 Å². The molecular weight excluding hydrogens is 966 g/mol. The fourth-order valence-corrected chi connectivity index (χ4v) is 10.6. The monoisotopic (exact) mass is 1090 g/mol. The van der Waals surface area contributed by atoms with Gasteiger partial charge in [-0.2, -0.15) is 0 Å². The number of ether oxygens (including phenoxy) is 2. The maximum Gasteiger partial charge on any atom is 0.472 e. The van der Waals surface area contributed by atoms with Crippen LogP contribution < -0.4 is 0 Å². The standard InChI is InChI=1S/C66H128NO8P/c1-6-8-10-12-14-16-18-19-20-21-22-23-24-25-26-27-28-29-30-31-32-33-34-35-36-37-38-39-40-41-42-43-44-45-46-47-49-51-53-55-57-59-66(69)75-64(63-74-76(70,71)73-61-60-67(3,4)5)62-72-65(68)58-56-54-52-50-48-17-15-13-11-9-7-2/h18-19,21-22,64H,6-17,20,23-63H2,1-5H3/p+1/b19-18-,22-21-. The van der Waals surface area contributed by atoms with Crippen molar-refractivity contribution in [2.75, 3.05) is 47.5 Å². The maximum atomic E-state index is 12.8. The van der Waals surface area contributed by atoms with E-state index < -0.39 is 26.5 Å². The molecule has 10 heteroatoms. The summed E-state index contributed by atoms with van der Waals surface area (Å²) in [5.41, 5.74) is 0. The molecule has 2 unspecified atom stereocenters. The molecule has 450 valence electrons. The molecule has 1 N–H and O–H groups in total. The van der Waals surface area contributed by atoms with Gasteiger partial charge in [0.15, 0.2) is 6.10 Å². The van der Waals surface area contributed by atoms with E-state index in [4.69, 9.17) is 18.5 Å². The molecule has 0 aromatic rings. The van der Waals surface area contributed by atoms with Crippen molar-refractivity contribution in [1.29, 1.82) is 0 Å². The van der Waals surface area contributed by atoms with Gasteiger partial charge >= 0.3 is 19.8 Å². The van der Waals surface area contributed by atoms with E-state index in [1.807, 2.05) is 21.1 Å². The highest BCUT2D eigenvalue weighted by atomic mass is 31.2. The van der Waals surface area contributed by atoms with Gasteiger partial charge in [-0.25, -0.2) is 4.57 Å². The number of likely N-dealkylation sites (N-methyl/N-ethyl adjacent to an activating group) is 1. The third-order valence-electron chi connectivity index (χ3n) is 15.0. The summed E-state index contributed by atoms with van der Waals surface area (Å²) in [4.78, 5) is 35.6. The van der Waals surface area contributed by atoms with Gasteiger partial charge in [0.2, 0.25) is 0 Å². The SMILES string of the molecule is CCCCCCC/C=C\C/C=C\CCCCCCCCCCCCCCCCCCCCCCCCCCCCCCCC(=O)OC(COC(=O)CCCCCCCCCCCCC)COP(=O)(O)OCC[N+](C)(C)C. The fraction of sp³-hybridized carbons (Fsp3) is 0.909. The summed E-state index contributed by atoms with van der Waals surface area (Å²) in [6.45, 7) is 4.46. The quantitative estimate of drug-likeness (QED) is 0.0211. The van der Waals surface area contributed by atoms with Crippen LogP contribution in [0.3, 0.4) is 0 Å². The van der Waals surface area contributed by atoms with Gasteiger partial charge < -0.3 is 18.9 Å². The van der Waals surface area contributed by atoms with Crippen LogP contribution in [-0.4, -0.2) is 74.9 Å². The van der Waals surface area contributed by atoms with E-state index >= 15 is 0 Å².